The van der Waals surface area contributed by atoms with Crippen molar-refractivity contribution >= 4 is 0 Å². The van der Waals surface area contributed by atoms with Gasteiger partial charge in [0.15, 0.2) is 11.5 Å². The average molecular weight is 318 g/mol. The van der Waals surface area contributed by atoms with Gasteiger partial charge in [-0.05, 0) is 17.7 Å². The van der Waals surface area contributed by atoms with E-state index in [4.69, 9.17) is 9.47 Å². The van der Waals surface area contributed by atoms with Crippen molar-refractivity contribution in [1.29, 1.82) is 0 Å². The Hall–Kier alpha value is -2.12. The van der Waals surface area contributed by atoms with E-state index in [2.05, 4.69) is 15.2 Å². The predicted octanol–water partition coefficient (Wildman–Crippen LogP) is 0.924. The second-order valence-electron chi connectivity index (χ2n) is 5.72. The maximum atomic E-state index is 10.5. The molecular weight excluding hydrogens is 296 g/mol. The molecule has 1 aromatic heterocycles. The van der Waals surface area contributed by atoms with Gasteiger partial charge in [-0.1, -0.05) is 11.3 Å². The minimum Gasteiger partial charge on any atom is -0.493 e. The van der Waals surface area contributed by atoms with Gasteiger partial charge in [-0.3, -0.25) is 9.58 Å². The Kier molecular flexibility index (Phi) is 4.49. The summed E-state index contributed by atoms with van der Waals surface area (Å²) in [5, 5.41) is 18.8. The van der Waals surface area contributed by atoms with E-state index < -0.39 is 6.10 Å². The van der Waals surface area contributed by atoms with Gasteiger partial charge >= 0.3 is 0 Å². The molecule has 0 spiro atoms. The van der Waals surface area contributed by atoms with Crippen LogP contribution in [0.2, 0.25) is 0 Å². The number of fused-ring (bicyclic) bond motifs is 1. The van der Waals surface area contributed by atoms with Gasteiger partial charge in [0.25, 0.3) is 0 Å². The quantitative estimate of drug-likeness (QED) is 0.884. The molecule has 1 N–H and O–H groups in total. The third-order valence-electron chi connectivity index (χ3n) is 4.29. The molecule has 0 radical (unpaired) electrons. The summed E-state index contributed by atoms with van der Waals surface area (Å²) in [5.41, 5.74) is 2.99. The van der Waals surface area contributed by atoms with Gasteiger partial charge in [-0.25, -0.2) is 0 Å². The lowest BCUT2D eigenvalue weighted by Crippen LogP contribution is -2.34. The number of aryl methyl sites for hydroxylation is 1. The number of methoxy groups -OCH3 is 2. The number of aliphatic hydroxyl groups is 1. The van der Waals surface area contributed by atoms with Gasteiger partial charge in [-0.15, -0.1) is 5.10 Å². The Morgan fingerprint density at radius 3 is 2.78 bits per heavy atom. The summed E-state index contributed by atoms with van der Waals surface area (Å²) in [6.07, 6.45) is 0.310. The molecule has 1 aliphatic heterocycles. The number of nitrogens with zero attached hydrogens (tertiary/aromatic N) is 4. The molecule has 1 aliphatic rings. The summed E-state index contributed by atoms with van der Waals surface area (Å²) in [7, 11) is 5.11. The Labute approximate surface area is 135 Å². The normalized spacial score (nSPS) is 16.0. The van der Waals surface area contributed by atoms with Crippen molar-refractivity contribution in [2.24, 2.45) is 7.05 Å². The predicted molar refractivity (Wildman–Crippen MR) is 84.5 cm³/mol. The molecule has 0 saturated heterocycles. The Morgan fingerprint density at radius 2 is 2.04 bits per heavy atom. The Morgan fingerprint density at radius 1 is 1.26 bits per heavy atom. The van der Waals surface area contributed by atoms with Gasteiger partial charge in [0.2, 0.25) is 0 Å². The summed E-state index contributed by atoms with van der Waals surface area (Å²) < 4.78 is 12.4. The summed E-state index contributed by atoms with van der Waals surface area (Å²) >= 11 is 0. The van der Waals surface area contributed by atoms with E-state index in [0.29, 0.717) is 24.6 Å². The number of ether oxygens (including phenoxy) is 2. The summed E-state index contributed by atoms with van der Waals surface area (Å²) in [5.74, 6) is 1.28. The monoisotopic (exact) mass is 318 g/mol. The maximum Gasteiger partial charge on any atom is 0.161 e. The molecule has 2 aromatic rings. The van der Waals surface area contributed by atoms with Crippen LogP contribution in [0.5, 0.6) is 11.5 Å². The number of benzene rings is 1. The van der Waals surface area contributed by atoms with Crippen LogP contribution in [-0.2, 0) is 20.0 Å². The van der Waals surface area contributed by atoms with Gasteiger partial charge < -0.3 is 14.6 Å². The lowest BCUT2D eigenvalue weighted by atomic mass is 10.1. The molecule has 3 rings (SSSR count). The number of aliphatic hydroxyl groups excluding tert-OH is 1. The molecule has 0 aliphatic carbocycles. The van der Waals surface area contributed by atoms with E-state index in [1.54, 1.807) is 14.2 Å². The van der Waals surface area contributed by atoms with Crippen LogP contribution in [0.3, 0.4) is 0 Å². The standard InChI is InChI=1S/C16H22N4O3/c1-19-13-6-7-20(9-12(13)17-18-19)10-14(21)11-4-5-15(22-2)16(8-11)23-3/h4-5,8,14,21H,6-7,9-10H2,1-3H3. The maximum absolute atomic E-state index is 10.5. The smallest absolute Gasteiger partial charge is 0.161 e. The first kappa shape index (κ1) is 15.8. The molecule has 1 unspecified atom stereocenters. The molecule has 124 valence electrons. The molecule has 0 amide bonds. The van der Waals surface area contributed by atoms with E-state index in [-0.39, 0.29) is 0 Å². The largest absolute Gasteiger partial charge is 0.493 e. The van der Waals surface area contributed by atoms with E-state index in [0.717, 1.165) is 24.2 Å². The Bertz CT molecular complexity index is 686. The van der Waals surface area contributed by atoms with E-state index in [9.17, 15) is 5.11 Å². The lowest BCUT2D eigenvalue weighted by Gasteiger charge is -2.28. The average Bonchev–Trinajstić information content (AvgIpc) is 2.94. The van der Waals surface area contributed by atoms with Crippen molar-refractivity contribution in [3.05, 3.63) is 35.2 Å². The zero-order chi connectivity index (χ0) is 16.4. The summed E-state index contributed by atoms with van der Waals surface area (Å²) in [6.45, 7) is 2.15. The fourth-order valence-electron chi connectivity index (χ4n) is 2.97. The zero-order valence-corrected chi connectivity index (χ0v) is 13.7. The molecule has 0 bridgehead atoms. The second-order valence-corrected chi connectivity index (χ2v) is 5.72. The van der Waals surface area contributed by atoms with Crippen molar-refractivity contribution in [2.75, 3.05) is 27.3 Å². The molecule has 1 aromatic carbocycles. The van der Waals surface area contributed by atoms with Crippen molar-refractivity contribution in [3.63, 3.8) is 0 Å². The molecule has 0 saturated carbocycles. The summed E-state index contributed by atoms with van der Waals surface area (Å²) in [4.78, 5) is 2.19. The van der Waals surface area contributed by atoms with E-state index >= 15 is 0 Å². The van der Waals surface area contributed by atoms with Crippen molar-refractivity contribution in [2.45, 2.75) is 19.1 Å². The minimum atomic E-state index is -0.590. The van der Waals surface area contributed by atoms with Gasteiger partial charge in [0.1, 0.15) is 0 Å². The lowest BCUT2D eigenvalue weighted by molar-refractivity contribution is 0.104. The first-order chi connectivity index (χ1) is 11.1. The van der Waals surface area contributed by atoms with Crippen molar-refractivity contribution in [3.8, 4) is 11.5 Å². The number of rotatable bonds is 5. The fraction of sp³-hybridized carbons (Fsp3) is 0.500. The zero-order valence-electron chi connectivity index (χ0n) is 13.7. The molecule has 7 nitrogen and oxygen atoms in total. The molecular formula is C16H22N4O3. The number of aromatic nitrogens is 3. The fourth-order valence-corrected chi connectivity index (χ4v) is 2.97. The molecule has 23 heavy (non-hydrogen) atoms. The van der Waals surface area contributed by atoms with E-state index in [1.165, 1.54) is 5.69 Å². The van der Waals surface area contributed by atoms with Crippen LogP contribution in [0.4, 0.5) is 0 Å². The SMILES string of the molecule is COc1ccc(C(O)CN2CCc3c(nnn3C)C2)cc1OC. The van der Waals surface area contributed by atoms with Crippen LogP contribution in [0.15, 0.2) is 18.2 Å². The van der Waals surface area contributed by atoms with Crippen LogP contribution in [0.1, 0.15) is 23.1 Å². The number of hydrogen-bond acceptors (Lipinski definition) is 6. The summed E-state index contributed by atoms with van der Waals surface area (Å²) in [6, 6.07) is 5.50. The van der Waals surface area contributed by atoms with Crippen LogP contribution in [0.25, 0.3) is 0 Å². The van der Waals surface area contributed by atoms with Crippen LogP contribution >= 0.6 is 0 Å². The van der Waals surface area contributed by atoms with Crippen LogP contribution in [0, 0.1) is 0 Å². The first-order valence-corrected chi connectivity index (χ1v) is 7.62. The second kappa shape index (κ2) is 6.55. The van der Waals surface area contributed by atoms with Crippen molar-refractivity contribution < 1.29 is 14.6 Å². The highest BCUT2D eigenvalue weighted by Crippen LogP contribution is 2.30. The third-order valence-corrected chi connectivity index (χ3v) is 4.29. The van der Waals surface area contributed by atoms with Crippen LogP contribution < -0.4 is 9.47 Å². The molecule has 1 atom stereocenters. The highest BCUT2D eigenvalue weighted by Gasteiger charge is 2.23. The number of β-amino-alcohol motifs (C(OH)–C–C–N with tert-alkyl or cyclic N) is 1. The van der Waals surface area contributed by atoms with Gasteiger partial charge in [0.05, 0.1) is 31.7 Å². The molecule has 2 heterocycles. The van der Waals surface area contributed by atoms with E-state index in [1.807, 2.05) is 29.9 Å². The highest BCUT2D eigenvalue weighted by atomic mass is 16.5. The van der Waals surface area contributed by atoms with Crippen LogP contribution in [-0.4, -0.2) is 52.3 Å². The van der Waals surface area contributed by atoms with Gasteiger partial charge in [0, 0.05) is 33.1 Å². The number of hydrogen-bond donors (Lipinski definition) is 1. The Balaban J connectivity index is 1.69. The molecule has 7 heteroatoms. The van der Waals surface area contributed by atoms with Crippen molar-refractivity contribution in [1.82, 2.24) is 19.9 Å². The first-order valence-electron chi connectivity index (χ1n) is 7.62. The topological polar surface area (TPSA) is 72.6 Å². The highest BCUT2D eigenvalue weighted by molar-refractivity contribution is 5.43. The molecule has 0 fully saturated rings. The van der Waals surface area contributed by atoms with Gasteiger partial charge in [-0.2, -0.15) is 0 Å². The third kappa shape index (κ3) is 3.16. The minimum absolute atomic E-state index is 0.547.